The zero-order chi connectivity index (χ0) is 21.8. The topological polar surface area (TPSA) is 86.3 Å². The Morgan fingerprint density at radius 3 is 2.52 bits per heavy atom. The first-order valence-corrected chi connectivity index (χ1v) is 10.7. The van der Waals surface area contributed by atoms with Crippen LogP contribution in [-0.2, 0) is 23.7 Å². The number of nitrogens with zero attached hydrogens (tertiary/aromatic N) is 1. The molecule has 2 amide bonds. The Balaban J connectivity index is 1.97. The van der Waals surface area contributed by atoms with Gasteiger partial charge in [0, 0.05) is 14.2 Å². The van der Waals surface area contributed by atoms with Gasteiger partial charge in [0.1, 0.15) is 24.4 Å². The van der Waals surface area contributed by atoms with E-state index in [0.29, 0.717) is 6.42 Å². The highest BCUT2D eigenvalue weighted by Crippen LogP contribution is 2.59. The zero-order valence-corrected chi connectivity index (χ0v) is 19.8. The molecule has 3 aliphatic heterocycles. The molecular weight excluding hydrogens is 491 g/mol. The summed E-state index contributed by atoms with van der Waals surface area (Å²) in [6, 6.07) is -0.969. The summed E-state index contributed by atoms with van der Waals surface area (Å²) in [6.45, 7) is 7.51. The maximum atomic E-state index is 13.6. The van der Waals surface area contributed by atoms with E-state index in [1.54, 1.807) is 25.7 Å². The SMILES string of the molecule is C#C[C@@H]1C2C(C)C[C@H](NC(=O)OC(C)(C)C)C(=O)N2C2(I)C1OCC2(OC)OC. The third-order valence-corrected chi connectivity index (χ3v) is 7.93. The van der Waals surface area contributed by atoms with Crippen LogP contribution in [0.1, 0.15) is 34.1 Å². The summed E-state index contributed by atoms with van der Waals surface area (Å²) < 4.78 is 21.9. The van der Waals surface area contributed by atoms with Crippen molar-refractivity contribution >= 4 is 34.6 Å². The number of carbonyl (C=O) groups excluding carboxylic acids is 2. The number of piperidine rings is 1. The van der Waals surface area contributed by atoms with E-state index in [4.69, 9.17) is 25.4 Å². The van der Waals surface area contributed by atoms with Crippen LogP contribution in [-0.4, -0.2) is 70.8 Å². The molecule has 3 rings (SSSR count). The lowest BCUT2D eigenvalue weighted by atomic mass is 9.82. The fraction of sp³-hybridized carbons (Fsp3) is 0.800. The summed E-state index contributed by atoms with van der Waals surface area (Å²) in [5.41, 5.74) is -0.658. The third kappa shape index (κ3) is 3.32. The Labute approximate surface area is 185 Å². The summed E-state index contributed by atoms with van der Waals surface area (Å²) >= 11 is 2.19. The van der Waals surface area contributed by atoms with Crippen LogP contribution >= 0.6 is 22.6 Å². The molecule has 0 aliphatic carbocycles. The highest BCUT2D eigenvalue weighted by Gasteiger charge is 2.75. The van der Waals surface area contributed by atoms with E-state index in [-0.39, 0.29) is 30.4 Å². The molecule has 1 N–H and O–H groups in total. The van der Waals surface area contributed by atoms with Gasteiger partial charge in [0.2, 0.25) is 11.7 Å². The fourth-order valence-electron chi connectivity index (χ4n) is 4.79. The van der Waals surface area contributed by atoms with Gasteiger partial charge in [-0.2, -0.15) is 0 Å². The van der Waals surface area contributed by atoms with Gasteiger partial charge in [-0.15, -0.1) is 6.42 Å². The van der Waals surface area contributed by atoms with Crippen molar-refractivity contribution in [2.45, 2.75) is 67.2 Å². The molecular formula is C20H29IN2O6. The van der Waals surface area contributed by atoms with E-state index >= 15 is 0 Å². The van der Waals surface area contributed by atoms with Gasteiger partial charge in [0.05, 0.1) is 12.0 Å². The molecule has 162 valence electrons. The monoisotopic (exact) mass is 520 g/mol. The van der Waals surface area contributed by atoms with Crippen LogP contribution in [0.4, 0.5) is 4.79 Å². The highest BCUT2D eigenvalue weighted by molar-refractivity contribution is 14.1. The minimum absolute atomic E-state index is 0.0286. The van der Waals surface area contributed by atoms with Gasteiger partial charge in [0.25, 0.3) is 0 Å². The standard InChI is InChI=1S/C20H29IN2O6/c1-8-12-14-11(2)9-13(22-17(25)29-18(3,4)5)16(24)23(14)20(21)15(12)28-10-19(20,26-6)27-7/h1,11-15H,9-10H2,2-7H3,(H,22,25)/t11?,12-,13+,14?,15?,20?/m1/s1. The smallest absolute Gasteiger partial charge is 0.408 e. The summed E-state index contributed by atoms with van der Waals surface area (Å²) in [5, 5.41) is 2.73. The predicted octanol–water partition coefficient (Wildman–Crippen LogP) is 1.90. The maximum absolute atomic E-state index is 13.6. The van der Waals surface area contributed by atoms with Crippen molar-refractivity contribution in [3.8, 4) is 12.3 Å². The van der Waals surface area contributed by atoms with Crippen LogP contribution < -0.4 is 5.32 Å². The molecule has 0 aromatic carbocycles. The van der Waals surface area contributed by atoms with Gasteiger partial charge in [-0.1, -0.05) is 12.8 Å². The second kappa shape index (κ2) is 7.55. The van der Waals surface area contributed by atoms with E-state index in [2.05, 4.69) is 33.8 Å². The molecule has 8 nitrogen and oxygen atoms in total. The maximum Gasteiger partial charge on any atom is 0.408 e. The number of halogens is 1. The first kappa shape index (κ1) is 22.6. The van der Waals surface area contributed by atoms with Crippen molar-refractivity contribution in [1.29, 1.82) is 0 Å². The predicted molar refractivity (Wildman–Crippen MR) is 113 cm³/mol. The molecule has 9 heteroatoms. The third-order valence-electron chi connectivity index (χ3n) is 5.98. The molecule has 0 aromatic heterocycles. The van der Waals surface area contributed by atoms with Gasteiger partial charge in [-0.05, 0) is 55.7 Å². The molecule has 3 fully saturated rings. The molecule has 3 aliphatic rings. The van der Waals surface area contributed by atoms with E-state index in [9.17, 15) is 9.59 Å². The summed E-state index contributed by atoms with van der Waals surface area (Å²) in [7, 11) is 3.06. The molecule has 6 atom stereocenters. The van der Waals surface area contributed by atoms with Gasteiger partial charge >= 0.3 is 6.09 Å². The van der Waals surface area contributed by atoms with Crippen molar-refractivity contribution in [1.82, 2.24) is 10.2 Å². The number of hydrogen-bond donors (Lipinski definition) is 1. The van der Waals surface area contributed by atoms with Gasteiger partial charge in [-0.3, -0.25) is 4.79 Å². The lowest BCUT2D eigenvalue weighted by Gasteiger charge is -2.49. The van der Waals surface area contributed by atoms with Crippen molar-refractivity contribution in [2.24, 2.45) is 11.8 Å². The molecule has 3 saturated heterocycles. The summed E-state index contributed by atoms with van der Waals surface area (Å²) in [4.78, 5) is 27.7. The average molecular weight is 520 g/mol. The Bertz CT molecular complexity index is 727. The van der Waals surface area contributed by atoms with E-state index in [1.807, 2.05) is 6.92 Å². The van der Waals surface area contributed by atoms with Crippen molar-refractivity contribution in [3.63, 3.8) is 0 Å². The Morgan fingerprint density at radius 1 is 1.38 bits per heavy atom. The minimum Gasteiger partial charge on any atom is -0.444 e. The number of fused-ring (bicyclic) bond motifs is 3. The van der Waals surface area contributed by atoms with E-state index in [0.717, 1.165) is 0 Å². The first-order chi connectivity index (χ1) is 13.5. The highest BCUT2D eigenvalue weighted by atomic mass is 127. The molecule has 0 bridgehead atoms. The number of carbonyl (C=O) groups is 2. The number of hydrogen-bond acceptors (Lipinski definition) is 6. The normalized spacial score (nSPS) is 38.2. The number of ether oxygens (including phenoxy) is 4. The number of terminal acetylenes is 1. The second-order valence-electron chi connectivity index (χ2n) is 8.87. The summed E-state index contributed by atoms with van der Waals surface area (Å²) in [5.74, 6) is 1.16. The molecule has 0 saturated carbocycles. The lowest BCUT2D eigenvalue weighted by Crippen LogP contribution is -2.68. The number of nitrogens with one attached hydrogen (secondary N) is 1. The van der Waals surface area contributed by atoms with E-state index in [1.165, 1.54) is 14.2 Å². The van der Waals surface area contributed by atoms with Crippen molar-refractivity contribution in [2.75, 3.05) is 20.8 Å². The number of alkyl carbamates (subject to hydrolysis) is 1. The number of methoxy groups -OCH3 is 2. The minimum atomic E-state index is -1.16. The van der Waals surface area contributed by atoms with Gasteiger partial charge in [-0.25, -0.2) is 4.79 Å². The zero-order valence-electron chi connectivity index (χ0n) is 17.7. The molecule has 29 heavy (non-hydrogen) atoms. The Morgan fingerprint density at radius 2 is 2.00 bits per heavy atom. The molecule has 0 aromatic rings. The quantitative estimate of drug-likeness (QED) is 0.201. The number of amides is 2. The van der Waals surface area contributed by atoms with Crippen LogP contribution in [0, 0.1) is 24.2 Å². The number of alkyl halides is 1. The van der Waals surface area contributed by atoms with Crippen LogP contribution in [0.15, 0.2) is 0 Å². The lowest BCUT2D eigenvalue weighted by molar-refractivity contribution is -0.236. The van der Waals surface area contributed by atoms with Crippen molar-refractivity contribution in [3.05, 3.63) is 0 Å². The van der Waals surface area contributed by atoms with Crippen LogP contribution in [0.3, 0.4) is 0 Å². The first-order valence-electron chi connectivity index (χ1n) is 9.65. The summed E-state index contributed by atoms with van der Waals surface area (Å²) in [6.07, 6.45) is 5.27. The van der Waals surface area contributed by atoms with E-state index < -0.39 is 33.2 Å². The van der Waals surface area contributed by atoms with Gasteiger partial charge in [0.15, 0.2) is 3.55 Å². The molecule has 0 radical (unpaired) electrons. The molecule has 3 heterocycles. The average Bonchev–Trinajstić information content (AvgIpc) is 3.05. The van der Waals surface area contributed by atoms with Crippen LogP contribution in [0.2, 0.25) is 0 Å². The fourth-order valence-corrected chi connectivity index (χ4v) is 6.51. The van der Waals surface area contributed by atoms with Crippen LogP contribution in [0.5, 0.6) is 0 Å². The van der Waals surface area contributed by atoms with Gasteiger partial charge < -0.3 is 29.2 Å². The Kier molecular flexibility index (Phi) is 5.88. The molecule has 0 spiro atoms. The number of rotatable bonds is 3. The van der Waals surface area contributed by atoms with Crippen molar-refractivity contribution < 1.29 is 28.5 Å². The largest absolute Gasteiger partial charge is 0.444 e. The van der Waals surface area contributed by atoms with Crippen LogP contribution in [0.25, 0.3) is 0 Å². The second-order valence-corrected chi connectivity index (χ2v) is 10.5. The Hall–Kier alpha value is -1.09. The molecule has 4 unspecified atom stereocenters.